The van der Waals surface area contributed by atoms with E-state index < -0.39 is 12.1 Å². The zero-order valence-corrected chi connectivity index (χ0v) is 16.0. The molecule has 7 heteroatoms. The summed E-state index contributed by atoms with van der Waals surface area (Å²) >= 11 is 1.56. The van der Waals surface area contributed by atoms with Crippen LogP contribution in [0.3, 0.4) is 0 Å². The van der Waals surface area contributed by atoms with Gasteiger partial charge < -0.3 is 15.0 Å². The minimum atomic E-state index is -0.936. The Kier molecular flexibility index (Phi) is 4.92. The second kappa shape index (κ2) is 7.52. The lowest BCUT2D eigenvalue weighted by atomic mass is 10.1. The smallest absolute Gasteiger partial charge is 0.338 e. The number of H-pyrrole nitrogens is 1. The van der Waals surface area contributed by atoms with Crippen molar-refractivity contribution in [2.75, 3.05) is 11.1 Å². The van der Waals surface area contributed by atoms with Crippen LogP contribution in [0.4, 0.5) is 5.69 Å². The van der Waals surface area contributed by atoms with Gasteiger partial charge in [-0.1, -0.05) is 18.2 Å². The number of hydrogen-bond acceptors (Lipinski definition) is 5. The number of benzene rings is 2. The second-order valence-corrected chi connectivity index (χ2v) is 7.65. The summed E-state index contributed by atoms with van der Waals surface area (Å²) in [5, 5.41) is 3.59. The van der Waals surface area contributed by atoms with Crippen LogP contribution in [-0.4, -0.2) is 34.5 Å². The number of ketones is 1. The molecule has 0 fully saturated rings. The number of ether oxygens (including phenoxy) is 1. The van der Waals surface area contributed by atoms with Gasteiger partial charge in [0.05, 0.1) is 11.3 Å². The fourth-order valence-corrected chi connectivity index (χ4v) is 4.06. The predicted molar refractivity (Wildman–Crippen MR) is 108 cm³/mol. The lowest BCUT2D eigenvalue weighted by Crippen LogP contribution is -2.24. The van der Waals surface area contributed by atoms with E-state index in [-0.39, 0.29) is 11.7 Å². The van der Waals surface area contributed by atoms with Crippen molar-refractivity contribution in [2.24, 2.45) is 0 Å². The van der Waals surface area contributed by atoms with E-state index >= 15 is 0 Å². The molecule has 2 heterocycles. The van der Waals surface area contributed by atoms with Gasteiger partial charge >= 0.3 is 5.97 Å². The van der Waals surface area contributed by atoms with Crippen molar-refractivity contribution in [3.63, 3.8) is 0 Å². The van der Waals surface area contributed by atoms with Crippen molar-refractivity contribution < 1.29 is 19.1 Å². The Morgan fingerprint density at radius 2 is 2.00 bits per heavy atom. The van der Waals surface area contributed by atoms with Crippen LogP contribution in [-0.2, 0) is 9.53 Å². The van der Waals surface area contributed by atoms with E-state index in [9.17, 15) is 14.4 Å². The lowest BCUT2D eigenvalue weighted by molar-refractivity contribution is -0.115. The summed E-state index contributed by atoms with van der Waals surface area (Å²) in [7, 11) is 0. The van der Waals surface area contributed by atoms with Crippen LogP contribution < -0.4 is 5.32 Å². The molecule has 6 nitrogen and oxygen atoms in total. The molecule has 4 rings (SSSR count). The molecule has 1 aliphatic heterocycles. The van der Waals surface area contributed by atoms with E-state index in [0.29, 0.717) is 29.0 Å². The first kappa shape index (κ1) is 18.3. The van der Waals surface area contributed by atoms with Crippen molar-refractivity contribution >= 4 is 46.0 Å². The van der Waals surface area contributed by atoms with Gasteiger partial charge in [-0.25, -0.2) is 4.79 Å². The highest BCUT2D eigenvalue weighted by Crippen LogP contribution is 2.31. The summed E-state index contributed by atoms with van der Waals surface area (Å²) in [5.74, 6) is -0.269. The third kappa shape index (κ3) is 3.53. The first-order chi connectivity index (χ1) is 13.5. The van der Waals surface area contributed by atoms with Crippen LogP contribution >= 0.6 is 11.8 Å². The van der Waals surface area contributed by atoms with E-state index in [1.807, 2.05) is 24.3 Å². The van der Waals surface area contributed by atoms with Crippen LogP contribution in [0.5, 0.6) is 0 Å². The average Bonchev–Trinajstić information content (AvgIpc) is 3.03. The number of carbonyl (C=O) groups is 3. The van der Waals surface area contributed by atoms with Gasteiger partial charge in [0.2, 0.25) is 11.7 Å². The van der Waals surface area contributed by atoms with Crippen molar-refractivity contribution in [1.29, 1.82) is 0 Å². The van der Waals surface area contributed by atoms with E-state index in [0.717, 1.165) is 15.8 Å². The molecule has 142 valence electrons. The molecule has 0 spiro atoms. The molecule has 1 aliphatic rings. The SMILES string of the molecule is CC(OC(=O)c1ccc2c(c1)NC(=O)CCS2)C(=O)c1c[nH]c2ccccc12. The van der Waals surface area contributed by atoms with Crippen molar-refractivity contribution in [1.82, 2.24) is 4.98 Å². The minimum absolute atomic E-state index is 0.0837. The molecule has 0 saturated heterocycles. The maximum Gasteiger partial charge on any atom is 0.338 e. The molecular weight excluding hydrogens is 376 g/mol. The summed E-state index contributed by atoms with van der Waals surface area (Å²) in [5.41, 5.74) is 2.22. The molecule has 1 unspecified atom stereocenters. The summed E-state index contributed by atoms with van der Waals surface area (Å²) in [6, 6.07) is 12.5. The Morgan fingerprint density at radius 1 is 1.18 bits per heavy atom. The topological polar surface area (TPSA) is 88.3 Å². The quantitative estimate of drug-likeness (QED) is 0.515. The van der Waals surface area contributed by atoms with Gasteiger partial charge in [0.25, 0.3) is 0 Å². The highest BCUT2D eigenvalue weighted by molar-refractivity contribution is 7.99. The number of fused-ring (bicyclic) bond motifs is 2. The number of thioether (sulfide) groups is 1. The third-order valence-corrected chi connectivity index (χ3v) is 5.66. The molecule has 0 aliphatic carbocycles. The molecule has 1 atom stereocenters. The maximum absolute atomic E-state index is 12.8. The van der Waals surface area contributed by atoms with Crippen LogP contribution in [0.1, 0.15) is 34.1 Å². The maximum atomic E-state index is 12.8. The summed E-state index contributed by atoms with van der Waals surface area (Å²) in [6.07, 6.45) is 1.12. The van der Waals surface area contributed by atoms with E-state index in [4.69, 9.17) is 4.74 Å². The van der Waals surface area contributed by atoms with Crippen LogP contribution in [0.15, 0.2) is 53.6 Å². The molecular formula is C21H18N2O4S. The van der Waals surface area contributed by atoms with Gasteiger partial charge in [0, 0.05) is 39.7 Å². The second-order valence-electron chi connectivity index (χ2n) is 6.52. The standard InChI is InChI=1S/C21H18N2O4S/c1-12(20(25)15-11-22-16-5-3-2-4-14(15)16)27-21(26)13-6-7-18-17(10-13)23-19(24)8-9-28-18/h2-7,10-12,22H,8-9H2,1H3,(H,23,24). The zero-order chi connectivity index (χ0) is 19.7. The first-order valence-corrected chi connectivity index (χ1v) is 9.89. The Balaban J connectivity index is 1.52. The molecule has 2 N–H and O–H groups in total. The highest BCUT2D eigenvalue weighted by atomic mass is 32.2. The number of hydrogen-bond donors (Lipinski definition) is 2. The number of nitrogens with one attached hydrogen (secondary N) is 2. The Bertz CT molecular complexity index is 1090. The highest BCUT2D eigenvalue weighted by Gasteiger charge is 2.24. The summed E-state index contributed by atoms with van der Waals surface area (Å²) < 4.78 is 5.40. The number of esters is 1. The van der Waals surface area contributed by atoms with E-state index in [1.54, 1.807) is 43.1 Å². The number of carbonyl (C=O) groups excluding carboxylic acids is 3. The van der Waals surface area contributed by atoms with Gasteiger partial charge in [0.15, 0.2) is 6.10 Å². The first-order valence-electron chi connectivity index (χ1n) is 8.91. The molecule has 1 aromatic heterocycles. The number of amides is 1. The van der Waals surface area contributed by atoms with Crippen molar-refractivity contribution in [3.8, 4) is 0 Å². The molecule has 1 amide bonds. The average molecular weight is 394 g/mol. The fourth-order valence-electron chi connectivity index (χ4n) is 3.12. The number of rotatable bonds is 4. The minimum Gasteiger partial charge on any atom is -0.451 e. The van der Waals surface area contributed by atoms with Gasteiger partial charge in [-0.05, 0) is 31.2 Å². The lowest BCUT2D eigenvalue weighted by Gasteiger charge is -2.13. The molecule has 0 radical (unpaired) electrons. The van der Waals surface area contributed by atoms with Crippen LogP contribution in [0.25, 0.3) is 10.9 Å². The monoisotopic (exact) mass is 394 g/mol. The number of para-hydroxylation sites is 1. The molecule has 0 bridgehead atoms. The molecule has 28 heavy (non-hydrogen) atoms. The van der Waals surface area contributed by atoms with Crippen molar-refractivity contribution in [2.45, 2.75) is 24.3 Å². The number of aromatic nitrogens is 1. The Hall–Kier alpha value is -3.06. The van der Waals surface area contributed by atoms with E-state index in [1.165, 1.54) is 0 Å². The Labute approximate surface area is 165 Å². The molecule has 0 saturated carbocycles. The zero-order valence-electron chi connectivity index (χ0n) is 15.2. The third-order valence-electron chi connectivity index (χ3n) is 4.58. The number of anilines is 1. The summed E-state index contributed by atoms with van der Waals surface area (Å²) in [6.45, 7) is 1.56. The number of Topliss-reactive ketones (excluding diaryl/α,β-unsaturated/α-hetero) is 1. The van der Waals surface area contributed by atoms with Crippen LogP contribution in [0, 0.1) is 0 Å². The van der Waals surface area contributed by atoms with Gasteiger partial charge in [0.1, 0.15) is 0 Å². The summed E-state index contributed by atoms with van der Waals surface area (Å²) in [4.78, 5) is 41.0. The van der Waals surface area contributed by atoms with Gasteiger partial charge in [-0.3, -0.25) is 9.59 Å². The van der Waals surface area contributed by atoms with Gasteiger partial charge in [-0.15, -0.1) is 11.8 Å². The van der Waals surface area contributed by atoms with Crippen LogP contribution in [0.2, 0.25) is 0 Å². The normalized spacial score (nSPS) is 14.7. The fraction of sp³-hybridized carbons (Fsp3) is 0.190. The number of aromatic amines is 1. The largest absolute Gasteiger partial charge is 0.451 e. The van der Waals surface area contributed by atoms with E-state index in [2.05, 4.69) is 10.3 Å². The Morgan fingerprint density at radius 3 is 2.86 bits per heavy atom. The predicted octanol–water partition coefficient (Wildman–Crippen LogP) is 4.03. The molecule has 3 aromatic rings. The molecule has 2 aromatic carbocycles. The van der Waals surface area contributed by atoms with Gasteiger partial charge in [-0.2, -0.15) is 0 Å². The van der Waals surface area contributed by atoms with Crippen molar-refractivity contribution in [3.05, 3.63) is 59.8 Å².